The van der Waals surface area contributed by atoms with Crippen molar-refractivity contribution < 1.29 is 4.42 Å². The molecule has 0 spiro atoms. The van der Waals surface area contributed by atoms with Gasteiger partial charge in [-0.2, -0.15) is 9.97 Å². The number of rotatable bonds is 9. The van der Waals surface area contributed by atoms with Crippen LogP contribution in [0.2, 0.25) is 0 Å². The highest BCUT2D eigenvalue weighted by atomic mass is 28.3. The van der Waals surface area contributed by atoms with Crippen LogP contribution in [-0.4, -0.2) is 32.2 Å². The predicted octanol–water partition coefficient (Wildman–Crippen LogP) is 14.3. The number of aromatic nitrogens is 5. The first-order valence-electron chi connectivity index (χ1n) is 25.8. The van der Waals surface area contributed by atoms with Gasteiger partial charge in [0, 0.05) is 54.7 Å². The molecule has 0 aliphatic carbocycles. The normalized spacial score (nSPS) is 11.9. The van der Waals surface area contributed by atoms with Gasteiger partial charge < -0.3 is 8.98 Å². The molecular weight excluding hydrogens is 943 g/mol. The molecule has 0 bridgehead atoms. The minimum atomic E-state index is -2.91. The van der Waals surface area contributed by atoms with Crippen LogP contribution in [0.1, 0.15) is 0 Å². The van der Waals surface area contributed by atoms with Crippen LogP contribution in [0.15, 0.2) is 277 Å². The smallest absolute Gasteiger partial charge is 0.238 e. The van der Waals surface area contributed by atoms with E-state index in [1.54, 1.807) is 0 Å². The first kappa shape index (κ1) is 43.6. The van der Waals surface area contributed by atoms with Crippen LogP contribution in [0.3, 0.4) is 0 Å². The predicted molar refractivity (Wildman–Crippen MR) is 316 cm³/mol. The van der Waals surface area contributed by atoms with Gasteiger partial charge in [-0.05, 0) is 68.8 Å². The summed E-state index contributed by atoms with van der Waals surface area (Å²) in [5, 5.41) is 11.8. The van der Waals surface area contributed by atoms with E-state index in [0.29, 0.717) is 17.6 Å². The molecule has 0 aliphatic heterocycles. The molecule has 11 aromatic carbocycles. The lowest BCUT2D eigenvalue weighted by molar-refractivity contribution is 0.669. The number of benzene rings is 11. The van der Waals surface area contributed by atoms with Crippen molar-refractivity contribution in [1.82, 2.24) is 24.1 Å². The molecule has 6 nitrogen and oxygen atoms in total. The molecule has 15 aromatic rings. The van der Waals surface area contributed by atoms with Crippen molar-refractivity contribution in [3.63, 3.8) is 0 Å². The molecule has 0 atom stereocenters. The molecule has 0 radical (unpaired) electrons. The second kappa shape index (κ2) is 17.6. The standard InChI is InChI=1S/C69H45N5OSi/c1-5-22-46(23-6-1)67-70-68(47-24-19-31-52(44-47)76(49-25-7-2-8-26-49,50-27-9-3-10-28-50)51-29-11-4-12-30-51)72-69(71-67)74-62-43-42-48(73-60-38-16-13-32-53(60)54-33-14-17-39-61(54)73)45-59(62)57-37-20-36-56(66(57)74)55-35-21-41-64-65(55)58-34-15-18-40-63(58)75-64/h1-45H. The molecule has 4 aromatic heterocycles. The Morgan fingerprint density at radius 2 is 0.803 bits per heavy atom. The number of para-hydroxylation sites is 4. The van der Waals surface area contributed by atoms with Crippen LogP contribution < -0.4 is 20.7 Å². The fourth-order valence-corrected chi connectivity index (χ4v) is 16.9. The lowest BCUT2D eigenvalue weighted by atomic mass is 9.97. The van der Waals surface area contributed by atoms with E-state index in [9.17, 15) is 0 Å². The van der Waals surface area contributed by atoms with E-state index in [2.05, 4.69) is 252 Å². The molecule has 0 N–H and O–H groups in total. The Morgan fingerprint density at radius 3 is 1.47 bits per heavy atom. The monoisotopic (exact) mass is 987 g/mol. The van der Waals surface area contributed by atoms with E-state index in [4.69, 9.17) is 19.4 Å². The van der Waals surface area contributed by atoms with Gasteiger partial charge in [0.1, 0.15) is 11.2 Å². The van der Waals surface area contributed by atoms with Gasteiger partial charge in [0.25, 0.3) is 0 Å². The van der Waals surface area contributed by atoms with Gasteiger partial charge in [0.05, 0.1) is 22.1 Å². The van der Waals surface area contributed by atoms with Crippen molar-refractivity contribution in [3.05, 3.63) is 273 Å². The Hall–Kier alpha value is -9.95. The number of furan rings is 1. The van der Waals surface area contributed by atoms with Crippen molar-refractivity contribution >= 4 is 94.4 Å². The van der Waals surface area contributed by atoms with Gasteiger partial charge in [0.15, 0.2) is 19.7 Å². The average molecular weight is 988 g/mol. The Bertz CT molecular complexity index is 4550. The molecule has 0 fully saturated rings. The summed E-state index contributed by atoms with van der Waals surface area (Å²) in [5.41, 5.74) is 10.9. The fraction of sp³-hybridized carbons (Fsp3) is 0. The largest absolute Gasteiger partial charge is 0.456 e. The van der Waals surface area contributed by atoms with Crippen molar-refractivity contribution in [3.8, 4) is 45.5 Å². The van der Waals surface area contributed by atoms with E-state index in [0.717, 1.165) is 82.7 Å². The second-order valence-electron chi connectivity index (χ2n) is 19.5. The van der Waals surface area contributed by atoms with Crippen molar-refractivity contribution in [2.75, 3.05) is 0 Å². The van der Waals surface area contributed by atoms with Gasteiger partial charge in [-0.25, -0.2) is 4.98 Å². The highest BCUT2D eigenvalue weighted by Gasteiger charge is 2.41. The van der Waals surface area contributed by atoms with Gasteiger partial charge in [0.2, 0.25) is 5.95 Å². The Balaban J connectivity index is 1.03. The van der Waals surface area contributed by atoms with Crippen molar-refractivity contribution in [1.29, 1.82) is 0 Å². The Labute approximate surface area is 439 Å². The zero-order valence-electron chi connectivity index (χ0n) is 41.1. The molecule has 76 heavy (non-hydrogen) atoms. The number of fused-ring (bicyclic) bond motifs is 9. The summed E-state index contributed by atoms with van der Waals surface area (Å²) in [6.45, 7) is 0. The number of nitrogens with zero attached hydrogens (tertiary/aromatic N) is 5. The van der Waals surface area contributed by atoms with Crippen LogP contribution in [0.5, 0.6) is 0 Å². The SMILES string of the molecule is c1ccc(-c2nc(-c3cccc([Si](c4ccccc4)(c4ccccc4)c4ccccc4)c3)nc(-n3c4ccc(-n5c6ccccc6c6ccccc65)cc4c4cccc(-c5cccc6oc7ccccc7c56)c43)n2)cc1. The molecule has 7 heteroatoms. The van der Waals surface area contributed by atoms with Gasteiger partial charge in [-0.1, -0.05) is 231 Å². The van der Waals surface area contributed by atoms with Crippen LogP contribution in [0.4, 0.5) is 0 Å². The summed E-state index contributed by atoms with van der Waals surface area (Å²) in [7, 11) is -2.91. The van der Waals surface area contributed by atoms with E-state index in [1.165, 1.54) is 31.5 Å². The first-order valence-corrected chi connectivity index (χ1v) is 27.8. The molecule has 0 unspecified atom stereocenters. The third-order valence-electron chi connectivity index (χ3n) is 15.3. The molecule has 0 saturated heterocycles. The first-order chi connectivity index (χ1) is 37.7. The summed E-state index contributed by atoms with van der Waals surface area (Å²) < 4.78 is 11.2. The number of hydrogen-bond acceptors (Lipinski definition) is 4. The van der Waals surface area contributed by atoms with Gasteiger partial charge in [-0.15, -0.1) is 0 Å². The summed E-state index contributed by atoms with van der Waals surface area (Å²) in [4.78, 5) is 16.5. The lowest BCUT2D eigenvalue weighted by Gasteiger charge is -2.34. The average Bonchev–Trinajstić information content (AvgIpc) is 4.17. The summed E-state index contributed by atoms with van der Waals surface area (Å²) in [6, 6.07) is 97.9. The van der Waals surface area contributed by atoms with Crippen LogP contribution >= 0.6 is 0 Å². The molecule has 0 saturated carbocycles. The molecule has 15 rings (SSSR count). The maximum absolute atomic E-state index is 6.54. The quantitative estimate of drug-likeness (QED) is 0.107. The maximum atomic E-state index is 6.54. The van der Waals surface area contributed by atoms with E-state index in [1.807, 2.05) is 30.3 Å². The lowest BCUT2D eigenvalue weighted by Crippen LogP contribution is -2.74. The fourth-order valence-electron chi connectivity index (χ4n) is 12.1. The summed E-state index contributed by atoms with van der Waals surface area (Å²) in [6.07, 6.45) is 0. The van der Waals surface area contributed by atoms with Crippen molar-refractivity contribution in [2.45, 2.75) is 0 Å². The van der Waals surface area contributed by atoms with E-state index < -0.39 is 8.07 Å². The zero-order valence-corrected chi connectivity index (χ0v) is 42.1. The molecule has 356 valence electrons. The Morgan fingerprint density at radius 1 is 0.316 bits per heavy atom. The maximum Gasteiger partial charge on any atom is 0.238 e. The van der Waals surface area contributed by atoms with Gasteiger partial charge >= 0.3 is 0 Å². The van der Waals surface area contributed by atoms with Crippen LogP contribution in [0.25, 0.3) is 111 Å². The van der Waals surface area contributed by atoms with Gasteiger partial charge in [-0.3, -0.25) is 4.57 Å². The molecule has 0 aliphatic rings. The summed E-state index contributed by atoms with van der Waals surface area (Å²) >= 11 is 0. The zero-order chi connectivity index (χ0) is 50.2. The summed E-state index contributed by atoms with van der Waals surface area (Å²) in [5.74, 6) is 1.69. The number of hydrogen-bond donors (Lipinski definition) is 0. The third kappa shape index (κ3) is 6.76. The molecule has 4 heterocycles. The minimum absolute atomic E-state index is 0.522. The van der Waals surface area contributed by atoms with Crippen LogP contribution in [0, 0.1) is 0 Å². The molecule has 0 amide bonds. The highest BCUT2D eigenvalue weighted by Crippen LogP contribution is 2.44. The minimum Gasteiger partial charge on any atom is -0.456 e. The second-order valence-corrected chi connectivity index (χ2v) is 23.3. The molecular formula is C69H45N5OSi. The van der Waals surface area contributed by atoms with Crippen molar-refractivity contribution in [2.24, 2.45) is 0 Å². The van der Waals surface area contributed by atoms with Crippen LogP contribution in [-0.2, 0) is 0 Å². The highest BCUT2D eigenvalue weighted by molar-refractivity contribution is 7.19. The van der Waals surface area contributed by atoms with E-state index >= 15 is 0 Å². The topological polar surface area (TPSA) is 61.7 Å². The van der Waals surface area contributed by atoms with E-state index in [-0.39, 0.29) is 0 Å². The third-order valence-corrected chi connectivity index (χ3v) is 20.1. The Kier molecular flexibility index (Phi) is 10.1.